The van der Waals surface area contributed by atoms with E-state index in [0.717, 1.165) is 5.56 Å². The number of benzene rings is 3. The van der Waals surface area contributed by atoms with Crippen LogP contribution in [-0.4, -0.2) is 58.9 Å². The molecule has 0 aliphatic heterocycles. The van der Waals surface area contributed by atoms with E-state index in [1.807, 2.05) is 19.1 Å². The summed E-state index contributed by atoms with van der Waals surface area (Å²) in [5.74, 6) is 1.43. The maximum atomic E-state index is 13.0. The van der Waals surface area contributed by atoms with Crippen LogP contribution in [0, 0.1) is 6.92 Å². The van der Waals surface area contributed by atoms with Crippen molar-refractivity contribution in [3.8, 4) is 28.8 Å². The van der Waals surface area contributed by atoms with E-state index < -0.39 is 0 Å². The van der Waals surface area contributed by atoms with Crippen LogP contribution in [0.5, 0.6) is 17.4 Å². The summed E-state index contributed by atoms with van der Waals surface area (Å²) >= 11 is 0. The second-order valence-corrected chi connectivity index (χ2v) is 8.88. The van der Waals surface area contributed by atoms with Crippen molar-refractivity contribution in [2.24, 2.45) is 0 Å². The highest BCUT2D eigenvalue weighted by molar-refractivity contribution is 6.15. The molecule has 0 unspecified atom stereocenters. The molecule has 0 aliphatic rings. The zero-order chi connectivity index (χ0) is 28.1. The van der Waals surface area contributed by atoms with Crippen LogP contribution in [0.2, 0.25) is 0 Å². The van der Waals surface area contributed by atoms with Crippen molar-refractivity contribution >= 4 is 17.3 Å². The molecule has 40 heavy (non-hydrogen) atoms. The Labute approximate surface area is 230 Å². The third-order valence-electron chi connectivity index (χ3n) is 6.25. The van der Waals surface area contributed by atoms with E-state index in [9.17, 15) is 9.59 Å². The highest BCUT2D eigenvalue weighted by atomic mass is 16.5. The quantitative estimate of drug-likeness (QED) is 0.209. The van der Waals surface area contributed by atoms with Gasteiger partial charge in [0.15, 0.2) is 17.3 Å². The Hall–Kier alpha value is -5.25. The van der Waals surface area contributed by atoms with E-state index in [1.54, 1.807) is 85.5 Å². The van der Waals surface area contributed by atoms with Crippen LogP contribution < -0.4 is 19.5 Å². The lowest BCUT2D eigenvalue weighted by Crippen LogP contribution is -2.29. The molecule has 5 rings (SSSR count). The Morgan fingerprint density at radius 3 is 2.40 bits per heavy atom. The van der Waals surface area contributed by atoms with Gasteiger partial charge in [0.1, 0.15) is 18.1 Å². The van der Waals surface area contributed by atoms with Crippen LogP contribution >= 0.6 is 0 Å². The number of ketones is 1. The average Bonchev–Trinajstić information content (AvgIpc) is 3.42. The molecule has 3 aromatic carbocycles. The molecule has 1 N–H and O–H groups in total. The smallest absolute Gasteiger partial charge is 0.252 e. The monoisotopic (exact) mass is 537 g/mol. The number of fused-ring (bicyclic) bond motifs is 1. The van der Waals surface area contributed by atoms with Gasteiger partial charge in [-0.15, -0.1) is 15.3 Å². The third kappa shape index (κ3) is 5.46. The summed E-state index contributed by atoms with van der Waals surface area (Å²) in [5, 5.41) is 15.8. The number of aromatic nitrogens is 4. The lowest BCUT2D eigenvalue weighted by atomic mass is 9.97. The fourth-order valence-electron chi connectivity index (χ4n) is 4.16. The molecule has 0 saturated heterocycles. The largest absolute Gasteiger partial charge is 0.497 e. The van der Waals surface area contributed by atoms with Crippen molar-refractivity contribution in [3.63, 3.8) is 0 Å². The Morgan fingerprint density at radius 2 is 1.65 bits per heavy atom. The van der Waals surface area contributed by atoms with Crippen LogP contribution in [0.1, 0.15) is 31.8 Å². The minimum atomic E-state index is -0.366. The molecule has 1 amide bonds. The van der Waals surface area contributed by atoms with Crippen LogP contribution in [-0.2, 0) is 0 Å². The van der Waals surface area contributed by atoms with Crippen molar-refractivity contribution in [2.75, 3.05) is 27.4 Å². The van der Waals surface area contributed by atoms with Crippen molar-refractivity contribution in [2.45, 2.75) is 6.92 Å². The predicted octanol–water partition coefficient (Wildman–Crippen LogP) is 4.16. The maximum absolute atomic E-state index is 13.0. The second-order valence-electron chi connectivity index (χ2n) is 8.88. The maximum Gasteiger partial charge on any atom is 0.252 e. The number of ether oxygens (including phenoxy) is 3. The van der Waals surface area contributed by atoms with Gasteiger partial charge in [0.2, 0.25) is 5.88 Å². The van der Waals surface area contributed by atoms with Gasteiger partial charge in [-0.05, 0) is 37.3 Å². The minimum absolute atomic E-state index is 0.151. The van der Waals surface area contributed by atoms with Gasteiger partial charge in [0.25, 0.3) is 5.91 Å². The molecule has 10 heteroatoms. The van der Waals surface area contributed by atoms with Crippen molar-refractivity contribution < 1.29 is 23.8 Å². The molecule has 2 heterocycles. The second kappa shape index (κ2) is 11.6. The molecular weight excluding hydrogens is 510 g/mol. The summed E-state index contributed by atoms with van der Waals surface area (Å²) in [5.41, 5.74) is 3.40. The number of carbonyl (C=O) groups is 2. The molecule has 0 spiro atoms. The molecule has 0 aliphatic carbocycles. The summed E-state index contributed by atoms with van der Waals surface area (Å²) in [6, 6.07) is 22.8. The number of methoxy groups -OCH3 is 2. The van der Waals surface area contributed by atoms with E-state index in [-0.39, 0.29) is 24.8 Å². The number of aryl methyl sites for hydroxylation is 1. The van der Waals surface area contributed by atoms with E-state index in [1.165, 1.54) is 0 Å². The number of nitrogens with zero attached hydrogens (tertiary/aromatic N) is 4. The fraction of sp³-hybridized carbons (Fsp3) is 0.167. The van der Waals surface area contributed by atoms with Crippen LogP contribution in [0.4, 0.5) is 0 Å². The molecule has 202 valence electrons. The summed E-state index contributed by atoms with van der Waals surface area (Å²) in [6.45, 7) is 2.30. The van der Waals surface area contributed by atoms with Gasteiger partial charge in [-0.1, -0.05) is 48.0 Å². The van der Waals surface area contributed by atoms with Gasteiger partial charge >= 0.3 is 0 Å². The summed E-state index contributed by atoms with van der Waals surface area (Å²) < 4.78 is 18.2. The van der Waals surface area contributed by atoms with Crippen LogP contribution in [0.3, 0.4) is 0 Å². The van der Waals surface area contributed by atoms with Crippen molar-refractivity contribution in [1.29, 1.82) is 0 Å². The zero-order valence-electron chi connectivity index (χ0n) is 22.2. The SMILES string of the molecule is COc1ccc(OC)c(-c2nnc3ccc(OCCNC(=O)c4ccccc4C(=O)c4ccc(C)cc4)nn23)c1. The first-order valence-electron chi connectivity index (χ1n) is 12.5. The van der Waals surface area contributed by atoms with E-state index in [4.69, 9.17) is 14.2 Å². The van der Waals surface area contributed by atoms with Crippen LogP contribution in [0.25, 0.3) is 17.0 Å². The first kappa shape index (κ1) is 26.4. The Kier molecular flexibility index (Phi) is 7.68. The van der Waals surface area contributed by atoms with Gasteiger partial charge in [-0.25, -0.2) is 0 Å². The van der Waals surface area contributed by atoms with E-state index >= 15 is 0 Å². The highest BCUT2D eigenvalue weighted by Crippen LogP contribution is 2.32. The topological polar surface area (TPSA) is 117 Å². The molecule has 0 saturated carbocycles. The highest BCUT2D eigenvalue weighted by Gasteiger charge is 2.19. The van der Waals surface area contributed by atoms with E-state index in [2.05, 4.69) is 20.6 Å². The Balaban J connectivity index is 1.26. The predicted molar refractivity (Wildman–Crippen MR) is 148 cm³/mol. The fourth-order valence-corrected chi connectivity index (χ4v) is 4.16. The third-order valence-corrected chi connectivity index (χ3v) is 6.25. The minimum Gasteiger partial charge on any atom is -0.497 e. The molecule has 10 nitrogen and oxygen atoms in total. The van der Waals surface area contributed by atoms with Gasteiger partial charge in [-0.2, -0.15) is 4.52 Å². The molecule has 0 fully saturated rings. The lowest BCUT2D eigenvalue weighted by molar-refractivity contribution is 0.0936. The number of hydrogen-bond acceptors (Lipinski definition) is 8. The summed E-state index contributed by atoms with van der Waals surface area (Å²) in [6.07, 6.45) is 0. The summed E-state index contributed by atoms with van der Waals surface area (Å²) in [7, 11) is 3.15. The Bertz CT molecular complexity index is 1680. The number of hydrogen-bond donors (Lipinski definition) is 1. The number of amides is 1. The van der Waals surface area contributed by atoms with E-state index in [0.29, 0.717) is 51.1 Å². The first-order chi connectivity index (χ1) is 19.5. The molecular formula is C30H27N5O5. The standard InChI is InChI=1S/C30H27N5O5/c1-19-8-10-20(11-9-19)28(36)22-6-4-5-7-23(22)30(37)31-16-17-40-27-15-14-26-32-33-29(35(26)34-27)24-18-21(38-2)12-13-25(24)39-3/h4-15,18H,16-17H2,1-3H3,(H,31,37). The van der Waals surface area contributed by atoms with Gasteiger partial charge in [0.05, 0.1) is 31.9 Å². The number of nitrogens with one attached hydrogen (secondary N) is 1. The molecule has 5 aromatic rings. The number of carbonyl (C=O) groups excluding carboxylic acids is 2. The van der Waals surface area contributed by atoms with Crippen molar-refractivity contribution in [1.82, 2.24) is 25.1 Å². The average molecular weight is 538 g/mol. The van der Waals surface area contributed by atoms with Gasteiger partial charge < -0.3 is 19.5 Å². The number of rotatable bonds is 10. The van der Waals surface area contributed by atoms with Crippen LogP contribution in [0.15, 0.2) is 78.9 Å². The zero-order valence-corrected chi connectivity index (χ0v) is 22.2. The van der Waals surface area contributed by atoms with Gasteiger partial charge in [-0.3, -0.25) is 9.59 Å². The van der Waals surface area contributed by atoms with Crippen molar-refractivity contribution in [3.05, 3.63) is 101 Å². The molecule has 0 bridgehead atoms. The Morgan fingerprint density at radius 1 is 0.875 bits per heavy atom. The first-order valence-corrected chi connectivity index (χ1v) is 12.5. The lowest BCUT2D eigenvalue weighted by Gasteiger charge is -2.11. The normalized spacial score (nSPS) is 10.8. The molecule has 2 aromatic heterocycles. The van der Waals surface area contributed by atoms with Gasteiger partial charge in [0, 0.05) is 17.2 Å². The molecule has 0 radical (unpaired) electrons. The molecule has 0 atom stereocenters. The summed E-state index contributed by atoms with van der Waals surface area (Å²) in [4.78, 5) is 26.0.